The molecule has 5 atom stereocenters. The molecule has 40 heavy (non-hydrogen) atoms. The molecule has 214 valence electrons. The average Bonchev–Trinajstić information content (AvgIpc) is 3.44. The van der Waals surface area contributed by atoms with Gasteiger partial charge >= 0.3 is 12.4 Å². The van der Waals surface area contributed by atoms with Crippen LogP contribution in [0.4, 0.5) is 32.0 Å². The third-order valence-electron chi connectivity index (χ3n) is 8.47. The number of fused-ring (bicyclic) bond motifs is 5. The van der Waals surface area contributed by atoms with E-state index in [0.717, 1.165) is 23.1 Å². The number of hydrogen-bond donors (Lipinski definition) is 2. The van der Waals surface area contributed by atoms with Crippen molar-refractivity contribution in [3.8, 4) is 11.8 Å². The van der Waals surface area contributed by atoms with Crippen molar-refractivity contribution in [2.75, 3.05) is 18.6 Å². The van der Waals surface area contributed by atoms with Gasteiger partial charge < -0.3 is 19.9 Å². The van der Waals surface area contributed by atoms with Crippen LogP contribution in [0.3, 0.4) is 0 Å². The number of carbonyl (C=O) groups excluding carboxylic acids is 1. The number of rotatable bonds is 6. The fourth-order valence-corrected chi connectivity index (χ4v) is 6.78. The zero-order chi connectivity index (χ0) is 29.3. The van der Waals surface area contributed by atoms with Crippen molar-refractivity contribution in [1.82, 2.24) is 5.32 Å². The number of alkyl halides is 6. The number of anilines is 1. The van der Waals surface area contributed by atoms with Crippen LogP contribution in [-0.4, -0.2) is 47.6 Å². The van der Waals surface area contributed by atoms with Crippen molar-refractivity contribution in [2.45, 2.75) is 61.5 Å². The van der Waals surface area contributed by atoms with Gasteiger partial charge in [0.1, 0.15) is 17.5 Å². The maximum atomic E-state index is 14.1. The van der Waals surface area contributed by atoms with Crippen LogP contribution >= 0.6 is 0 Å². The van der Waals surface area contributed by atoms with E-state index < -0.39 is 63.8 Å². The number of benzene rings is 2. The zero-order valence-electron chi connectivity index (χ0n) is 21.4. The van der Waals surface area contributed by atoms with E-state index in [0.29, 0.717) is 18.9 Å². The zero-order valence-corrected chi connectivity index (χ0v) is 21.4. The maximum Gasteiger partial charge on any atom is 0.417 e. The van der Waals surface area contributed by atoms with Gasteiger partial charge in [-0.25, -0.2) is 0 Å². The SMILES string of the molecule is CN[C@@]12C(=O)N(c3ccc(C#N)c(C(F)(F)F)c3)C(O)C1C1(C)CCC2(CCOc2ccc(C(F)(F)F)cc2)O1. The monoisotopic (exact) mass is 569 g/mol. The smallest absolute Gasteiger partial charge is 0.417 e. The Hall–Kier alpha value is -3.34. The summed E-state index contributed by atoms with van der Waals surface area (Å²) in [5, 5.41) is 23.6. The van der Waals surface area contributed by atoms with Crippen LogP contribution in [0.5, 0.6) is 5.75 Å². The molecule has 1 amide bonds. The van der Waals surface area contributed by atoms with Gasteiger partial charge in [-0.05, 0) is 69.3 Å². The van der Waals surface area contributed by atoms with Crippen molar-refractivity contribution < 1.29 is 45.7 Å². The number of likely N-dealkylation sites (N-methyl/N-ethyl adjacent to an activating group) is 1. The van der Waals surface area contributed by atoms with Gasteiger partial charge in [0.05, 0.1) is 46.5 Å². The number of carbonyl (C=O) groups is 1. The third kappa shape index (κ3) is 3.95. The Morgan fingerprint density at radius 2 is 1.80 bits per heavy atom. The van der Waals surface area contributed by atoms with Crippen LogP contribution in [0.1, 0.15) is 42.9 Å². The third-order valence-corrected chi connectivity index (χ3v) is 8.47. The largest absolute Gasteiger partial charge is 0.493 e. The highest BCUT2D eigenvalue weighted by Crippen LogP contribution is 2.65. The predicted octanol–water partition coefficient (Wildman–Crippen LogP) is 4.63. The molecule has 2 aromatic rings. The standard InChI is InChI=1S/C27H25F6N3O4/c1-23-9-10-24(40-23,11-12-39-18-7-4-16(5-8-18)26(28,29)30)25(35-2)20(23)21(37)36(22(25)38)17-6-3-15(14-34)19(13-17)27(31,32)33/h3-8,13,20-21,35,37H,9-12H2,1-2H3/t20?,21?,23?,24?,25-/m1/s1. The summed E-state index contributed by atoms with van der Waals surface area (Å²) in [6.07, 6.45) is -9.99. The summed E-state index contributed by atoms with van der Waals surface area (Å²) in [6.45, 7) is 1.69. The normalized spacial score (nSPS) is 31.4. The molecule has 2 aromatic carbocycles. The summed E-state index contributed by atoms with van der Waals surface area (Å²) in [5.41, 5.74) is -6.66. The highest BCUT2D eigenvalue weighted by Gasteiger charge is 2.81. The van der Waals surface area contributed by atoms with E-state index in [-0.39, 0.29) is 24.5 Å². The predicted molar refractivity (Wildman–Crippen MR) is 128 cm³/mol. The minimum absolute atomic E-state index is 0.0456. The number of nitriles is 1. The number of aliphatic hydroxyl groups is 1. The van der Waals surface area contributed by atoms with E-state index >= 15 is 0 Å². The summed E-state index contributed by atoms with van der Waals surface area (Å²) in [7, 11) is 1.51. The van der Waals surface area contributed by atoms with E-state index in [4.69, 9.17) is 14.7 Å². The molecular formula is C27H25F6N3O4. The Morgan fingerprint density at radius 3 is 2.38 bits per heavy atom. The number of ether oxygens (including phenoxy) is 2. The van der Waals surface area contributed by atoms with E-state index in [2.05, 4.69) is 5.32 Å². The van der Waals surface area contributed by atoms with Crippen LogP contribution in [0.15, 0.2) is 42.5 Å². The molecule has 5 rings (SSSR count). The van der Waals surface area contributed by atoms with Crippen LogP contribution in [0, 0.1) is 17.2 Å². The van der Waals surface area contributed by atoms with Crippen LogP contribution < -0.4 is 15.0 Å². The van der Waals surface area contributed by atoms with Gasteiger partial charge in [0.15, 0.2) is 0 Å². The van der Waals surface area contributed by atoms with Gasteiger partial charge in [0.25, 0.3) is 5.91 Å². The number of amides is 1. The average molecular weight is 570 g/mol. The van der Waals surface area contributed by atoms with Crippen LogP contribution in [0.25, 0.3) is 0 Å². The van der Waals surface area contributed by atoms with Crippen molar-refractivity contribution >= 4 is 11.6 Å². The van der Waals surface area contributed by atoms with E-state index in [1.165, 1.54) is 31.3 Å². The molecule has 0 aliphatic carbocycles. The molecule has 13 heteroatoms. The number of aliphatic hydroxyl groups excluding tert-OH is 1. The number of nitrogens with zero attached hydrogens (tertiary/aromatic N) is 2. The molecule has 3 aliphatic heterocycles. The molecule has 2 N–H and O–H groups in total. The topological polar surface area (TPSA) is 94.8 Å². The lowest BCUT2D eigenvalue weighted by atomic mass is 9.61. The van der Waals surface area contributed by atoms with Gasteiger partial charge in [-0.1, -0.05) is 0 Å². The second kappa shape index (κ2) is 9.09. The van der Waals surface area contributed by atoms with Gasteiger partial charge in [-0.3, -0.25) is 9.69 Å². The summed E-state index contributed by atoms with van der Waals surface area (Å²) in [6, 6.07) is 8.45. The highest BCUT2D eigenvalue weighted by atomic mass is 19.4. The maximum absolute atomic E-state index is 14.1. The molecule has 3 fully saturated rings. The first-order valence-electron chi connectivity index (χ1n) is 12.5. The second-order valence-corrected chi connectivity index (χ2v) is 10.5. The van der Waals surface area contributed by atoms with Gasteiger partial charge in [-0.2, -0.15) is 31.6 Å². The fraction of sp³-hybridized carbons (Fsp3) is 0.481. The molecule has 2 bridgehead atoms. The van der Waals surface area contributed by atoms with E-state index in [1.54, 1.807) is 6.92 Å². The first-order valence-corrected chi connectivity index (χ1v) is 12.5. The summed E-state index contributed by atoms with van der Waals surface area (Å²) >= 11 is 0. The Labute approximate surface area is 225 Å². The molecular weight excluding hydrogens is 544 g/mol. The van der Waals surface area contributed by atoms with Gasteiger partial charge in [-0.15, -0.1) is 0 Å². The van der Waals surface area contributed by atoms with Crippen molar-refractivity contribution in [1.29, 1.82) is 5.26 Å². The first-order chi connectivity index (χ1) is 18.6. The highest BCUT2D eigenvalue weighted by molar-refractivity contribution is 6.05. The Morgan fingerprint density at radius 1 is 1.12 bits per heavy atom. The van der Waals surface area contributed by atoms with Crippen molar-refractivity contribution in [2.24, 2.45) is 5.92 Å². The minimum Gasteiger partial charge on any atom is -0.493 e. The lowest BCUT2D eigenvalue weighted by Crippen LogP contribution is -2.68. The molecule has 0 radical (unpaired) electrons. The Kier molecular flexibility index (Phi) is 6.41. The number of hydrogen-bond acceptors (Lipinski definition) is 6. The molecule has 3 heterocycles. The molecule has 7 nitrogen and oxygen atoms in total. The number of nitrogens with one attached hydrogen (secondary N) is 1. The lowest BCUT2D eigenvalue weighted by molar-refractivity contribution is -0.138. The molecule has 0 saturated carbocycles. The van der Waals surface area contributed by atoms with Gasteiger partial charge in [0.2, 0.25) is 0 Å². The summed E-state index contributed by atoms with van der Waals surface area (Å²) < 4.78 is 91.7. The number of halogens is 6. The second-order valence-electron chi connectivity index (χ2n) is 10.5. The first kappa shape index (κ1) is 28.2. The van der Waals surface area contributed by atoms with Crippen molar-refractivity contribution in [3.05, 3.63) is 59.2 Å². The molecule has 0 spiro atoms. The van der Waals surface area contributed by atoms with Crippen LogP contribution in [-0.2, 0) is 21.9 Å². The van der Waals surface area contributed by atoms with Gasteiger partial charge in [0, 0.05) is 12.1 Å². The Balaban J connectivity index is 1.46. The molecule has 3 saturated heterocycles. The van der Waals surface area contributed by atoms with Crippen LogP contribution in [0.2, 0.25) is 0 Å². The summed E-state index contributed by atoms with van der Waals surface area (Å²) in [4.78, 5) is 15.0. The summed E-state index contributed by atoms with van der Waals surface area (Å²) in [5.74, 6) is -1.39. The minimum atomic E-state index is -4.86. The molecule has 0 aromatic heterocycles. The van der Waals surface area contributed by atoms with Crippen molar-refractivity contribution in [3.63, 3.8) is 0 Å². The van der Waals surface area contributed by atoms with E-state index in [9.17, 15) is 36.2 Å². The quantitative estimate of drug-likeness (QED) is 0.493. The lowest BCUT2D eigenvalue weighted by Gasteiger charge is -2.43. The molecule has 4 unspecified atom stereocenters. The Bertz CT molecular complexity index is 1370. The molecule has 3 aliphatic rings. The van der Waals surface area contributed by atoms with E-state index in [1.807, 2.05) is 0 Å². The fourth-order valence-electron chi connectivity index (χ4n) is 6.78.